The number of aromatic amines is 1. The second kappa shape index (κ2) is 7.80. The maximum Gasteiger partial charge on any atom is 0.276 e. The molecule has 2 amide bonds. The van der Waals surface area contributed by atoms with Crippen molar-refractivity contribution >= 4 is 40.3 Å². The van der Waals surface area contributed by atoms with Crippen LogP contribution >= 0.6 is 22.7 Å². The molecule has 4 heterocycles. The van der Waals surface area contributed by atoms with Gasteiger partial charge in [-0.15, -0.1) is 22.7 Å². The van der Waals surface area contributed by atoms with E-state index in [1.165, 1.54) is 22.7 Å². The third kappa shape index (κ3) is 3.83. The van der Waals surface area contributed by atoms with Gasteiger partial charge in [0.05, 0.1) is 21.9 Å². The Labute approximate surface area is 170 Å². The topological polar surface area (TPSA) is 104 Å². The summed E-state index contributed by atoms with van der Waals surface area (Å²) in [5.41, 5.74) is 1.21. The van der Waals surface area contributed by atoms with Crippen LogP contribution in [0.15, 0.2) is 17.6 Å². The quantitative estimate of drug-likeness (QED) is 0.680. The summed E-state index contributed by atoms with van der Waals surface area (Å²) < 4.78 is 0. The van der Waals surface area contributed by atoms with Crippen molar-refractivity contribution in [3.05, 3.63) is 43.9 Å². The number of piperidine rings is 1. The molecule has 0 atom stereocenters. The van der Waals surface area contributed by atoms with Crippen molar-refractivity contribution in [2.75, 3.05) is 18.4 Å². The first kappa shape index (κ1) is 18.8. The van der Waals surface area contributed by atoms with Crippen LogP contribution in [-0.2, 0) is 0 Å². The van der Waals surface area contributed by atoms with Crippen LogP contribution < -0.4 is 5.32 Å². The molecule has 0 bridgehead atoms. The van der Waals surface area contributed by atoms with E-state index in [2.05, 4.69) is 25.5 Å². The van der Waals surface area contributed by atoms with E-state index in [1.54, 1.807) is 17.6 Å². The maximum absolute atomic E-state index is 12.7. The fourth-order valence-electron chi connectivity index (χ4n) is 3.29. The fourth-order valence-corrected chi connectivity index (χ4v) is 5.15. The number of hydrogen-bond donors (Lipinski definition) is 2. The molecule has 1 aliphatic heterocycles. The fraction of sp³-hybridized carbons (Fsp3) is 0.389. The summed E-state index contributed by atoms with van der Waals surface area (Å²) in [5.74, 6) is 0.628. The first-order chi connectivity index (χ1) is 13.5. The molecule has 3 aromatic rings. The van der Waals surface area contributed by atoms with Crippen LogP contribution in [0.25, 0.3) is 0 Å². The van der Waals surface area contributed by atoms with Crippen molar-refractivity contribution in [1.82, 2.24) is 25.1 Å². The van der Waals surface area contributed by atoms with Gasteiger partial charge in [-0.2, -0.15) is 5.10 Å². The third-order valence-electron chi connectivity index (χ3n) is 4.73. The summed E-state index contributed by atoms with van der Waals surface area (Å²) in [6.45, 7) is 5.18. The minimum atomic E-state index is -0.254. The van der Waals surface area contributed by atoms with Gasteiger partial charge in [0.15, 0.2) is 0 Å². The molecule has 146 valence electrons. The number of aryl methyl sites for hydroxylation is 2. The van der Waals surface area contributed by atoms with E-state index < -0.39 is 0 Å². The summed E-state index contributed by atoms with van der Waals surface area (Å²) in [7, 11) is 0. The Morgan fingerprint density at radius 3 is 2.68 bits per heavy atom. The Morgan fingerprint density at radius 2 is 2.04 bits per heavy atom. The van der Waals surface area contributed by atoms with Gasteiger partial charge < -0.3 is 10.2 Å². The number of nitrogens with one attached hydrogen (secondary N) is 2. The summed E-state index contributed by atoms with van der Waals surface area (Å²) in [6.07, 6.45) is 3.27. The molecule has 0 saturated carbocycles. The lowest BCUT2D eigenvalue weighted by atomic mass is 9.97. The number of H-pyrrole nitrogens is 1. The number of anilines is 1. The molecule has 8 nitrogen and oxygen atoms in total. The first-order valence-corrected chi connectivity index (χ1v) is 10.7. The van der Waals surface area contributed by atoms with Gasteiger partial charge in [0.25, 0.3) is 11.8 Å². The Kier molecular flexibility index (Phi) is 5.23. The Hall–Kier alpha value is -2.59. The number of nitrogens with zero attached hydrogens (tertiary/aromatic N) is 4. The highest BCUT2D eigenvalue weighted by Gasteiger charge is 2.28. The highest BCUT2D eigenvalue weighted by atomic mass is 32.1. The van der Waals surface area contributed by atoms with Crippen LogP contribution in [0.2, 0.25) is 0 Å². The highest BCUT2D eigenvalue weighted by Crippen LogP contribution is 2.31. The predicted molar refractivity (Wildman–Crippen MR) is 108 cm³/mol. The molecule has 28 heavy (non-hydrogen) atoms. The zero-order valence-corrected chi connectivity index (χ0v) is 17.2. The van der Waals surface area contributed by atoms with Gasteiger partial charge >= 0.3 is 0 Å². The lowest BCUT2D eigenvalue weighted by Gasteiger charge is -2.30. The summed E-state index contributed by atoms with van der Waals surface area (Å²) in [6, 6.07) is 1.68. The summed E-state index contributed by atoms with van der Waals surface area (Å²) >= 11 is 2.96. The van der Waals surface area contributed by atoms with Gasteiger partial charge in [-0.3, -0.25) is 14.7 Å². The molecule has 0 aromatic carbocycles. The van der Waals surface area contributed by atoms with E-state index in [1.807, 2.05) is 18.7 Å². The number of amides is 2. The zero-order chi connectivity index (χ0) is 19.7. The van der Waals surface area contributed by atoms with Crippen LogP contribution in [0.5, 0.6) is 0 Å². The van der Waals surface area contributed by atoms with E-state index in [9.17, 15) is 9.59 Å². The minimum Gasteiger partial charge on any atom is -0.338 e. The number of carbonyl (C=O) groups excluding carboxylic acids is 2. The molecule has 1 aliphatic rings. The molecule has 1 fully saturated rings. The van der Waals surface area contributed by atoms with E-state index in [4.69, 9.17) is 0 Å². The number of carbonyl (C=O) groups is 2. The Bertz CT molecular complexity index is 986. The number of thiazole rings is 2. The average Bonchev–Trinajstić information content (AvgIpc) is 3.42. The Balaban J connectivity index is 1.36. The molecule has 0 spiro atoms. The smallest absolute Gasteiger partial charge is 0.276 e. The summed E-state index contributed by atoms with van der Waals surface area (Å²) in [4.78, 5) is 36.5. The van der Waals surface area contributed by atoms with E-state index in [0.29, 0.717) is 24.6 Å². The second-order valence-corrected chi connectivity index (χ2v) is 8.80. The highest BCUT2D eigenvalue weighted by molar-refractivity contribution is 7.13. The van der Waals surface area contributed by atoms with Crippen LogP contribution in [0.3, 0.4) is 0 Å². The van der Waals surface area contributed by atoms with Crippen molar-refractivity contribution in [2.45, 2.75) is 32.6 Å². The SMILES string of the molecule is Cc1nc(C)c(C(=O)N2CCC(c3nc(C(=O)Nc4ccn[nH]4)cs3)CC2)s1. The molecule has 0 unspecified atom stereocenters. The van der Waals surface area contributed by atoms with Gasteiger partial charge in [-0.25, -0.2) is 9.97 Å². The molecular formula is C18H20N6O2S2. The van der Waals surface area contributed by atoms with Gasteiger partial charge in [0.1, 0.15) is 16.4 Å². The molecule has 0 aliphatic carbocycles. The maximum atomic E-state index is 12.7. The van der Waals surface area contributed by atoms with Crippen LogP contribution in [0.4, 0.5) is 5.82 Å². The Morgan fingerprint density at radius 1 is 1.25 bits per heavy atom. The molecule has 0 radical (unpaired) electrons. The molecule has 2 N–H and O–H groups in total. The normalized spacial score (nSPS) is 15.0. The number of likely N-dealkylation sites (tertiary alicyclic amines) is 1. The lowest BCUT2D eigenvalue weighted by molar-refractivity contribution is 0.0717. The van der Waals surface area contributed by atoms with Crippen molar-refractivity contribution in [2.24, 2.45) is 0 Å². The largest absolute Gasteiger partial charge is 0.338 e. The van der Waals surface area contributed by atoms with Crippen molar-refractivity contribution in [3.63, 3.8) is 0 Å². The minimum absolute atomic E-state index is 0.0697. The monoisotopic (exact) mass is 416 g/mol. The van der Waals surface area contributed by atoms with E-state index in [0.717, 1.165) is 33.4 Å². The molecule has 3 aromatic heterocycles. The van der Waals surface area contributed by atoms with Crippen molar-refractivity contribution in [1.29, 1.82) is 0 Å². The summed E-state index contributed by atoms with van der Waals surface area (Å²) in [5, 5.41) is 12.9. The third-order valence-corrected chi connectivity index (χ3v) is 6.80. The van der Waals surface area contributed by atoms with Crippen LogP contribution in [0.1, 0.15) is 54.6 Å². The van der Waals surface area contributed by atoms with Gasteiger partial charge in [0, 0.05) is 30.5 Å². The second-order valence-electron chi connectivity index (χ2n) is 6.71. The van der Waals surface area contributed by atoms with Gasteiger partial charge in [0.2, 0.25) is 0 Å². The van der Waals surface area contributed by atoms with E-state index >= 15 is 0 Å². The molecular weight excluding hydrogens is 396 g/mol. The number of hydrogen-bond acceptors (Lipinski definition) is 7. The zero-order valence-electron chi connectivity index (χ0n) is 15.6. The lowest BCUT2D eigenvalue weighted by Crippen LogP contribution is -2.37. The van der Waals surface area contributed by atoms with Crippen molar-refractivity contribution < 1.29 is 9.59 Å². The molecule has 10 heteroatoms. The van der Waals surface area contributed by atoms with Crippen LogP contribution in [0, 0.1) is 13.8 Å². The number of rotatable bonds is 4. The predicted octanol–water partition coefficient (Wildman–Crippen LogP) is 3.21. The molecule has 4 rings (SSSR count). The molecule has 1 saturated heterocycles. The average molecular weight is 417 g/mol. The number of aromatic nitrogens is 4. The standard InChI is InChI=1S/C18H20N6O2S2/c1-10-15(28-11(2)20-10)18(26)24-7-4-12(5-8-24)17-21-13(9-27-17)16(25)22-14-3-6-19-23-14/h3,6,9,12H,4-5,7-8H2,1-2H3,(H2,19,22,23,25). The van der Waals surface area contributed by atoms with Crippen LogP contribution in [-0.4, -0.2) is 50.0 Å². The van der Waals surface area contributed by atoms with Gasteiger partial charge in [-0.05, 0) is 26.7 Å². The first-order valence-electron chi connectivity index (χ1n) is 9.00. The van der Waals surface area contributed by atoms with Crippen molar-refractivity contribution in [3.8, 4) is 0 Å². The van der Waals surface area contributed by atoms with E-state index in [-0.39, 0.29) is 17.7 Å². The van der Waals surface area contributed by atoms with Gasteiger partial charge in [-0.1, -0.05) is 0 Å².